The van der Waals surface area contributed by atoms with Gasteiger partial charge in [0.1, 0.15) is 5.82 Å². The monoisotopic (exact) mass is 339 g/mol. The van der Waals surface area contributed by atoms with Crippen molar-refractivity contribution in [3.05, 3.63) is 114 Å². The van der Waals surface area contributed by atoms with Crippen molar-refractivity contribution in [3.8, 4) is 0 Å². The summed E-state index contributed by atoms with van der Waals surface area (Å²) in [5.41, 5.74) is 5.90. The molecule has 0 amide bonds. The van der Waals surface area contributed by atoms with Crippen LogP contribution < -0.4 is 0 Å². The van der Waals surface area contributed by atoms with Gasteiger partial charge in [0.15, 0.2) is 0 Å². The number of fused-ring (bicyclic) bond motifs is 1. The number of rotatable bonds is 2. The van der Waals surface area contributed by atoms with Gasteiger partial charge in [-0.3, -0.25) is 4.98 Å². The highest BCUT2D eigenvalue weighted by atomic mass is 19.1. The number of benzene rings is 2. The largest absolute Gasteiger partial charge is 0.256 e. The maximum Gasteiger partial charge on any atom is 0.126 e. The molecular formula is C24H18FN. The fourth-order valence-corrected chi connectivity index (χ4v) is 3.17. The second kappa shape index (κ2) is 6.93. The molecule has 0 saturated carbocycles. The molecule has 0 atom stereocenters. The first-order chi connectivity index (χ1) is 12.7. The zero-order valence-electron chi connectivity index (χ0n) is 14.5. The van der Waals surface area contributed by atoms with Crippen LogP contribution in [0, 0.1) is 12.7 Å². The molecule has 0 aliphatic heterocycles. The Labute approximate surface area is 152 Å². The van der Waals surface area contributed by atoms with E-state index in [4.69, 9.17) is 0 Å². The molecule has 2 heteroatoms. The minimum absolute atomic E-state index is 0.182. The molecule has 1 heterocycles. The van der Waals surface area contributed by atoms with E-state index >= 15 is 0 Å². The van der Waals surface area contributed by atoms with E-state index in [1.807, 2.05) is 48.6 Å². The second-order valence-electron chi connectivity index (χ2n) is 6.31. The molecule has 3 aromatic rings. The number of aryl methyl sites for hydroxylation is 1. The van der Waals surface area contributed by atoms with Crippen LogP contribution in [0.3, 0.4) is 0 Å². The first kappa shape index (κ1) is 16.2. The number of aromatic nitrogens is 1. The average molecular weight is 339 g/mol. The van der Waals surface area contributed by atoms with Gasteiger partial charge in [0.2, 0.25) is 0 Å². The van der Waals surface area contributed by atoms with Gasteiger partial charge in [-0.05, 0) is 65.1 Å². The predicted molar refractivity (Wildman–Crippen MR) is 107 cm³/mol. The molecule has 0 unspecified atom stereocenters. The van der Waals surface area contributed by atoms with E-state index in [0.29, 0.717) is 5.56 Å². The van der Waals surface area contributed by atoms with Gasteiger partial charge in [0.25, 0.3) is 0 Å². The van der Waals surface area contributed by atoms with Gasteiger partial charge >= 0.3 is 0 Å². The van der Waals surface area contributed by atoms with Crippen LogP contribution >= 0.6 is 0 Å². The zero-order valence-corrected chi connectivity index (χ0v) is 14.5. The number of hydrogen-bond acceptors (Lipinski definition) is 1. The summed E-state index contributed by atoms with van der Waals surface area (Å²) in [5.74, 6) is -0.182. The van der Waals surface area contributed by atoms with E-state index in [1.54, 1.807) is 13.1 Å². The zero-order chi connectivity index (χ0) is 17.9. The molecule has 4 rings (SSSR count). The maximum absolute atomic E-state index is 13.7. The lowest BCUT2D eigenvalue weighted by atomic mass is 9.89. The van der Waals surface area contributed by atoms with Crippen molar-refractivity contribution in [1.82, 2.24) is 4.98 Å². The molecule has 2 aromatic carbocycles. The Kier molecular flexibility index (Phi) is 4.32. The van der Waals surface area contributed by atoms with Crippen molar-refractivity contribution in [3.63, 3.8) is 0 Å². The molecule has 1 aliphatic rings. The van der Waals surface area contributed by atoms with E-state index in [0.717, 1.165) is 33.2 Å². The number of hydrogen-bond donors (Lipinski definition) is 0. The average Bonchev–Trinajstić information content (AvgIpc) is 2.64. The minimum atomic E-state index is -0.182. The van der Waals surface area contributed by atoms with Gasteiger partial charge in [-0.25, -0.2) is 4.39 Å². The lowest BCUT2D eigenvalue weighted by Crippen LogP contribution is -1.94. The molecule has 126 valence electrons. The lowest BCUT2D eigenvalue weighted by Gasteiger charge is -2.15. The Morgan fingerprint density at radius 2 is 1.46 bits per heavy atom. The van der Waals surface area contributed by atoms with E-state index in [-0.39, 0.29) is 5.82 Å². The highest BCUT2D eigenvalue weighted by Gasteiger charge is 2.12. The van der Waals surface area contributed by atoms with Crippen LogP contribution in [-0.4, -0.2) is 4.98 Å². The molecule has 1 aromatic heterocycles. The van der Waals surface area contributed by atoms with Gasteiger partial charge in [-0.2, -0.15) is 0 Å². The molecule has 0 spiro atoms. The van der Waals surface area contributed by atoms with Gasteiger partial charge in [-0.1, -0.05) is 54.7 Å². The van der Waals surface area contributed by atoms with Crippen LogP contribution in [0.1, 0.15) is 16.7 Å². The van der Waals surface area contributed by atoms with Crippen molar-refractivity contribution in [2.75, 3.05) is 0 Å². The first-order valence-corrected chi connectivity index (χ1v) is 8.60. The summed E-state index contributed by atoms with van der Waals surface area (Å²) in [6.45, 7) is 1.79. The van der Waals surface area contributed by atoms with Crippen LogP contribution in [0.4, 0.5) is 4.39 Å². The van der Waals surface area contributed by atoms with Crippen molar-refractivity contribution in [2.45, 2.75) is 6.92 Å². The number of allylic oxidation sites excluding steroid dienone is 8. The molecule has 0 N–H and O–H groups in total. The lowest BCUT2D eigenvalue weighted by molar-refractivity contribution is 0.618. The molecule has 0 fully saturated rings. The fraction of sp³-hybridized carbons (Fsp3) is 0.0417. The Morgan fingerprint density at radius 3 is 2.19 bits per heavy atom. The van der Waals surface area contributed by atoms with E-state index in [2.05, 4.69) is 35.3 Å². The number of halogens is 1. The predicted octanol–water partition coefficient (Wildman–Crippen LogP) is 6.28. The summed E-state index contributed by atoms with van der Waals surface area (Å²) in [4.78, 5) is 4.40. The topological polar surface area (TPSA) is 12.9 Å². The SMILES string of the molecule is Cc1cc(C2=C\C=C\C=C/C=C\2c2ccc3ncccc3c2)ccc1F. The van der Waals surface area contributed by atoms with Crippen LogP contribution in [0.15, 0.2) is 91.2 Å². The van der Waals surface area contributed by atoms with Crippen LogP contribution in [-0.2, 0) is 0 Å². The molecule has 26 heavy (non-hydrogen) atoms. The summed E-state index contributed by atoms with van der Waals surface area (Å²) in [5, 5.41) is 1.10. The normalized spacial score (nSPS) is 20.4. The van der Waals surface area contributed by atoms with Crippen molar-refractivity contribution in [1.29, 1.82) is 0 Å². The summed E-state index contributed by atoms with van der Waals surface area (Å²) < 4.78 is 13.7. The van der Waals surface area contributed by atoms with Crippen LogP contribution in [0.25, 0.3) is 22.0 Å². The molecule has 0 saturated heterocycles. The fourth-order valence-electron chi connectivity index (χ4n) is 3.17. The summed E-state index contributed by atoms with van der Waals surface area (Å²) in [7, 11) is 0. The molecular weight excluding hydrogens is 321 g/mol. The third-order valence-electron chi connectivity index (χ3n) is 4.53. The first-order valence-electron chi connectivity index (χ1n) is 8.60. The maximum atomic E-state index is 13.7. The van der Waals surface area contributed by atoms with Crippen LogP contribution in [0.2, 0.25) is 0 Å². The van der Waals surface area contributed by atoms with Crippen molar-refractivity contribution in [2.24, 2.45) is 0 Å². The molecule has 0 bridgehead atoms. The highest BCUT2D eigenvalue weighted by Crippen LogP contribution is 2.34. The summed E-state index contributed by atoms with van der Waals surface area (Å²) >= 11 is 0. The Hall–Kier alpha value is -3.26. The van der Waals surface area contributed by atoms with Crippen molar-refractivity contribution < 1.29 is 4.39 Å². The third-order valence-corrected chi connectivity index (χ3v) is 4.53. The highest BCUT2D eigenvalue weighted by molar-refractivity contribution is 6.07. The van der Waals surface area contributed by atoms with Crippen LogP contribution in [0.5, 0.6) is 0 Å². The molecule has 1 aliphatic carbocycles. The third kappa shape index (κ3) is 3.14. The van der Waals surface area contributed by atoms with Crippen molar-refractivity contribution >= 4 is 22.0 Å². The number of nitrogens with zero attached hydrogens (tertiary/aromatic N) is 1. The molecule has 1 nitrogen and oxygen atoms in total. The van der Waals surface area contributed by atoms with Gasteiger partial charge in [-0.15, -0.1) is 0 Å². The number of pyridine rings is 1. The van der Waals surface area contributed by atoms with Gasteiger partial charge in [0.05, 0.1) is 5.52 Å². The van der Waals surface area contributed by atoms with E-state index in [9.17, 15) is 4.39 Å². The second-order valence-corrected chi connectivity index (χ2v) is 6.31. The Bertz CT molecular complexity index is 1100. The molecule has 0 radical (unpaired) electrons. The van der Waals surface area contributed by atoms with E-state index < -0.39 is 0 Å². The standard InChI is InChI=1S/C24H18FN/c1-17-15-18(10-12-23(17)25)21-8-4-2-3-5-9-22(21)19-11-13-24-20(16-19)7-6-14-26-24/h2-16H,1H3/b3-2?,4-2+,5-3-,8-4?,9-5?,21-8+,22-9-,22-21?. The quantitative estimate of drug-likeness (QED) is 0.536. The summed E-state index contributed by atoms with van der Waals surface area (Å²) in [6, 6.07) is 15.6. The van der Waals surface area contributed by atoms with E-state index in [1.165, 1.54) is 6.07 Å². The van der Waals surface area contributed by atoms with Gasteiger partial charge < -0.3 is 0 Å². The Balaban J connectivity index is 1.87. The Morgan fingerprint density at radius 1 is 0.769 bits per heavy atom. The van der Waals surface area contributed by atoms with Gasteiger partial charge in [0, 0.05) is 11.6 Å². The smallest absolute Gasteiger partial charge is 0.126 e. The summed E-state index contributed by atoms with van der Waals surface area (Å²) in [6.07, 6.45) is 14.0. The minimum Gasteiger partial charge on any atom is -0.256 e.